The number of nitrogens with one attached hydrogen (secondary N) is 2. The number of aliphatic imine (C=N–C) groups is 2. The quantitative estimate of drug-likeness (QED) is 0.252. The predicted molar refractivity (Wildman–Crippen MR) is 177 cm³/mol. The summed E-state index contributed by atoms with van der Waals surface area (Å²) in [5.41, 5.74) is 3.32. The lowest BCUT2D eigenvalue weighted by molar-refractivity contribution is 0.00590. The van der Waals surface area contributed by atoms with Gasteiger partial charge in [-0.1, -0.05) is 25.1 Å². The van der Waals surface area contributed by atoms with Crippen molar-refractivity contribution in [2.75, 3.05) is 32.0 Å². The van der Waals surface area contributed by atoms with Crippen LogP contribution in [0.15, 0.2) is 59.0 Å². The maximum absolute atomic E-state index is 12.5. The van der Waals surface area contributed by atoms with Crippen LogP contribution >= 0.6 is 0 Å². The van der Waals surface area contributed by atoms with Gasteiger partial charge in [0.05, 0.1) is 23.3 Å². The Morgan fingerprint density at radius 3 is 2.76 bits per heavy atom. The average Bonchev–Trinajstić information content (AvgIpc) is 3.03. The van der Waals surface area contributed by atoms with Crippen molar-refractivity contribution in [1.29, 1.82) is 0 Å². The number of benzene rings is 1. The minimum absolute atomic E-state index is 0.0743. The number of rotatable bonds is 8. The number of carbonyl (C=O) groups excluding carboxylic acids is 2. The second kappa shape index (κ2) is 14.7. The Hall–Kier alpha value is -4.87. The summed E-state index contributed by atoms with van der Waals surface area (Å²) in [6.45, 7) is 14.7. The van der Waals surface area contributed by atoms with Crippen LogP contribution in [0.2, 0.25) is 0 Å². The molecular weight excluding hydrogens is 572 g/mol. The van der Waals surface area contributed by atoms with Crippen molar-refractivity contribution < 1.29 is 19.1 Å². The summed E-state index contributed by atoms with van der Waals surface area (Å²) < 4.78 is 11.5. The fourth-order valence-corrected chi connectivity index (χ4v) is 4.97. The van der Waals surface area contributed by atoms with Crippen molar-refractivity contribution in [3.05, 3.63) is 65.9 Å². The molecule has 4 rings (SSSR count). The molecule has 3 heterocycles. The van der Waals surface area contributed by atoms with Gasteiger partial charge in [-0.2, -0.15) is 0 Å². The van der Waals surface area contributed by atoms with E-state index in [0.717, 1.165) is 34.9 Å². The van der Waals surface area contributed by atoms with Crippen LogP contribution in [-0.4, -0.2) is 83.0 Å². The van der Waals surface area contributed by atoms with Gasteiger partial charge in [-0.25, -0.2) is 24.7 Å². The van der Waals surface area contributed by atoms with Gasteiger partial charge in [-0.3, -0.25) is 9.78 Å². The van der Waals surface area contributed by atoms with E-state index in [9.17, 15) is 9.59 Å². The number of piperidine rings is 1. The molecule has 0 radical (unpaired) electrons. The van der Waals surface area contributed by atoms with Crippen LogP contribution in [0.3, 0.4) is 0 Å². The number of hydrogen-bond donors (Lipinski definition) is 2. The van der Waals surface area contributed by atoms with E-state index in [1.807, 2.05) is 52.0 Å². The third kappa shape index (κ3) is 8.84. The summed E-state index contributed by atoms with van der Waals surface area (Å²) in [6.07, 6.45) is 5.70. The molecule has 1 saturated heterocycles. The van der Waals surface area contributed by atoms with Gasteiger partial charge in [0.15, 0.2) is 0 Å². The molecule has 1 fully saturated rings. The van der Waals surface area contributed by atoms with Crippen molar-refractivity contribution in [3.63, 3.8) is 0 Å². The molecule has 1 aliphatic heterocycles. The highest BCUT2D eigenvalue weighted by Crippen LogP contribution is 2.27. The van der Waals surface area contributed by atoms with E-state index in [1.54, 1.807) is 30.4 Å². The standard InChI is InChI=1S/C33H42N8O4/c1-21(24-11-8-12-25-26(30(42)34-6)13-14-36-29(24)25)17-37-28-16-27(39-20-40-28)22(2)18-38-31(35-7)44-23-10-9-15-41(19-23)32(43)45-33(3,4)5/h8,11-14,16,18,20-21,23H,7,9-10,15,17,19H2,1-6H3,(H,34,42)(H,37,39,40)/b22-18+,38-31?/t21-,23?/m1/s1. The van der Waals surface area contributed by atoms with Crippen LogP contribution in [0.5, 0.6) is 0 Å². The number of amides is 2. The number of anilines is 1. The molecule has 238 valence electrons. The zero-order chi connectivity index (χ0) is 32.6. The van der Waals surface area contributed by atoms with Crippen molar-refractivity contribution in [1.82, 2.24) is 25.2 Å². The molecule has 0 saturated carbocycles. The maximum Gasteiger partial charge on any atom is 0.410 e. The number of hydrogen-bond acceptors (Lipinski definition) is 9. The molecule has 2 amide bonds. The molecule has 0 aliphatic carbocycles. The van der Waals surface area contributed by atoms with Gasteiger partial charge < -0.3 is 25.0 Å². The smallest absolute Gasteiger partial charge is 0.410 e. The van der Waals surface area contributed by atoms with Gasteiger partial charge in [-0.05, 0) is 64.5 Å². The summed E-state index contributed by atoms with van der Waals surface area (Å²) in [5, 5.41) is 6.90. The Labute approximate surface area is 264 Å². The largest absolute Gasteiger partial charge is 0.458 e. The highest BCUT2D eigenvalue weighted by molar-refractivity contribution is 6.06. The third-order valence-corrected chi connectivity index (χ3v) is 7.27. The van der Waals surface area contributed by atoms with Gasteiger partial charge in [0.1, 0.15) is 23.9 Å². The Morgan fingerprint density at radius 1 is 1.22 bits per heavy atom. The second-order valence-corrected chi connectivity index (χ2v) is 11.9. The van der Waals surface area contributed by atoms with Crippen molar-refractivity contribution in [3.8, 4) is 0 Å². The average molecular weight is 615 g/mol. The number of pyridine rings is 1. The van der Waals surface area contributed by atoms with Crippen molar-refractivity contribution in [2.24, 2.45) is 9.98 Å². The zero-order valence-corrected chi connectivity index (χ0v) is 26.8. The topological polar surface area (TPSA) is 143 Å². The molecule has 2 N–H and O–H groups in total. The molecule has 12 heteroatoms. The lowest BCUT2D eigenvalue weighted by Crippen LogP contribution is -2.45. The molecule has 1 unspecified atom stereocenters. The number of fused-ring (bicyclic) bond motifs is 1. The van der Waals surface area contributed by atoms with Crippen LogP contribution in [-0.2, 0) is 9.47 Å². The van der Waals surface area contributed by atoms with E-state index in [4.69, 9.17) is 9.47 Å². The normalized spacial score (nSPS) is 16.6. The van der Waals surface area contributed by atoms with Crippen LogP contribution in [0.1, 0.15) is 75.0 Å². The molecule has 1 aliphatic rings. The Balaban J connectivity index is 1.40. The summed E-state index contributed by atoms with van der Waals surface area (Å²) in [7, 11) is 1.62. The Bertz CT molecular complexity index is 1600. The van der Waals surface area contributed by atoms with Gasteiger partial charge in [0.25, 0.3) is 5.91 Å². The first kappa shape index (κ1) is 33.0. The molecule has 1 aromatic carbocycles. The van der Waals surface area contributed by atoms with Crippen LogP contribution in [0.25, 0.3) is 16.5 Å². The first-order valence-electron chi connectivity index (χ1n) is 15.0. The second-order valence-electron chi connectivity index (χ2n) is 11.9. The van der Waals surface area contributed by atoms with E-state index in [-0.39, 0.29) is 30.0 Å². The van der Waals surface area contributed by atoms with Gasteiger partial charge in [-0.15, -0.1) is 0 Å². The highest BCUT2D eigenvalue weighted by atomic mass is 16.6. The van der Waals surface area contributed by atoms with Gasteiger partial charge in [0.2, 0.25) is 0 Å². The van der Waals surface area contributed by atoms with E-state index < -0.39 is 5.60 Å². The Morgan fingerprint density at radius 2 is 2.02 bits per heavy atom. The number of nitrogens with zero attached hydrogens (tertiary/aromatic N) is 6. The lowest BCUT2D eigenvalue weighted by Gasteiger charge is -2.33. The van der Waals surface area contributed by atoms with Crippen molar-refractivity contribution >= 4 is 47.0 Å². The molecule has 0 bridgehead atoms. The molecule has 2 atom stereocenters. The summed E-state index contributed by atoms with van der Waals surface area (Å²) in [5.74, 6) is 0.587. The Kier molecular flexibility index (Phi) is 10.8. The minimum Gasteiger partial charge on any atom is -0.458 e. The fraction of sp³-hybridized carbons (Fsp3) is 0.424. The fourth-order valence-electron chi connectivity index (χ4n) is 4.97. The number of carbonyl (C=O) groups is 2. The maximum atomic E-state index is 12.5. The summed E-state index contributed by atoms with van der Waals surface area (Å²) in [6, 6.07) is 9.59. The molecular formula is C33H42N8O4. The number of amidine groups is 1. The zero-order valence-electron chi connectivity index (χ0n) is 26.8. The SMILES string of the molecule is C=NC(=N/C=C(\C)c1cc(NC[C@@H](C)c2cccc3c(C(=O)NC)ccnc23)ncn1)OC1CCCN(C(=O)OC(C)(C)C)C1. The highest BCUT2D eigenvalue weighted by Gasteiger charge is 2.29. The number of likely N-dealkylation sites (tertiary alicyclic amines) is 1. The third-order valence-electron chi connectivity index (χ3n) is 7.27. The molecule has 0 spiro atoms. The minimum atomic E-state index is -0.565. The van der Waals surface area contributed by atoms with E-state index in [0.29, 0.717) is 36.7 Å². The monoisotopic (exact) mass is 614 g/mol. The number of ether oxygens (including phenoxy) is 2. The molecule has 45 heavy (non-hydrogen) atoms. The molecule has 12 nitrogen and oxygen atoms in total. The first-order valence-corrected chi connectivity index (χ1v) is 15.0. The number of allylic oxidation sites excluding steroid dienone is 1. The number of para-hydroxylation sites is 1. The lowest BCUT2D eigenvalue weighted by atomic mass is 9.96. The summed E-state index contributed by atoms with van der Waals surface area (Å²) in [4.78, 5) is 48.2. The number of aromatic nitrogens is 3. The van der Waals surface area contributed by atoms with E-state index in [1.165, 1.54) is 6.33 Å². The predicted octanol–water partition coefficient (Wildman–Crippen LogP) is 5.43. The van der Waals surface area contributed by atoms with Crippen molar-refractivity contribution in [2.45, 2.75) is 65.1 Å². The van der Waals surface area contributed by atoms with E-state index >= 15 is 0 Å². The van der Waals surface area contributed by atoms with Gasteiger partial charge >= 0.3 is 12.1 Å². The molecule has 2 aromatic heterocycles. The summed E-state index contributed by atoms with van der Waals surface area (Å²) >= 11 is 0. The van der Waals surface area contributed by atoms with E-state index in [2.05, 4.69) is 49.2 Å². The van der Waals surface area contributed by atoms with Crippen LogP contribution < -0.4 is 10.6 Å². The van der Waals surface area contributed by atoms with Crippen LogP contribution in [0.4, 0.5) is 10.6 Å². The molecule has 3 aromatic rings. The first-order chi connectivity index (χ1) is 21.5. The van der Waals surface area contributed by atoms with Gasteiger partial charge in [0, 0.05) is 49.9 Å². The van der Waals surface area contributed by atoms with Crippen LogP contribution in [0, 0.1) is 0 Å².